The van der Waals surface area contributed by atoms with Crippen molar-refractivity contribution in [2.75, 3.05) is 39.4 Å². The summed E-state index contributed by atoms with van der Waals surface area (Å²) in [5, 5.41) is 37.6. The summed E-state index contributed by atoms with van der Waals surface area (Å²) in [5.74, 6) is -1.42. The zero-order valence-electron chi connectivity index (χ0n) is 17.3. The Morgan fingerprint density at radius 3 is 2.43 bits per heavy atom. The number of carbonyl (C=O) groups is 2. The van der Waals surface area contributed by atoms with Gasteiger partial charge in [0, 0.05) is 37.2 Å². The standard InChI is InChI=1S/C19H28N4O7/c1-18(2,14-6-4-5-13(16(24)25)15(14)23(28)29)19(3,27)21-8-7-20-17(26)22-9-11-30-12-10-22/h4-6,21,27H,7-12H2,1-3H3,(H,20,26)(H,24,25). The van der Waals surface area contributed by atoms with Crippen molar-refractivity contribution in [1.29, 1.82) is 0 Å². The van der Waals surface area contributed by atoms with Crippen molar-refractivity contribution in [1.82, 2.24) is 15.5 Å². The highest BCUT2D eigenvalue weighted by Gasteiger charge is 2.45. The number of para-hydroxylation sites is 1. The van der Waals surface area contributed by atoms with Crippen molar-refractivity contribution >= 4 is 17.7 Å². The number of ether oxygens (including phenoxy) is 1. The van der Waals surface area contributed by atoms with Gasteiger partial charge in [-0.05, 0) is 13.0 Å². The topological polar surface area (TPSA) is 154 Å². The molecule has 4 N–H and O–H groups in total. The number of nitrogens with one attached hydrogen (secondary N) is 2. The number of rotatable bonds is 8. The number of nitrogens with zero attached hydrogens (tertiary/aromatic N) is 2. The number of nitro groups is 1. The molecule has 1 aliphatic rings. The molecule has 2 rings (SSSR count). The number of hydrogen-bond donors (Lipinski definition) is 4. The lowest BCUT2D eigenvalue weighted by Crippen LogP contribution is -2.58. The number of urea groups is 1. The quantitative estimate of drug-likeness (QED) is 0.208. The van der Waals surface area contributed by atoms with Crippen molar-refractivity contribution in [2.24, 2.45) is 0 Å². The molecule has 2 amide bonds. The van der Waals surface area contributed by atoms with E-state index in [1.165, 1.54) is 19.1 Å². The second-order valence-electron chi connectivity index (χ2n) is 7.72. The minimum absolute atomic E-state index is 0.0854. The molecule has 1 unspecified atom stereocenters. The van der Waals surface area contributed by atoms with Gasteiger partial charge in [0.25, 0.3) is 5.69 Å². The second-order valence-corrected chi connectivity index (χ2v) is 7.72. The SMILES string of the molecule is CC(O)(NCCNC(=O)N1CCOCC1)C(C)(C)c1cccc(C(=O)O)c1[N+](=O)[O-]. The molecule has 1 aromatic carbocycles. The van der Waals surface area contributed by atoms with Crippen LogP contribution in [-0.2, 0) is 10.2 Å². The van der Waals surface area contributed by atoms with Crippen LogP contribution in [0.4, 0.5) is 10.5 Å². The Bertz CT molecular complexity index is 804. The molecule has 30 heavy (non-hydrogen) atoms. The maximum Gasteiger partial charge on any atom is 0.342 e. The van der Waals surface area contributed by atoms with Gasteiger partial charge in [-0.1, -0.05) is 26.0 Å². The number of benzene rings is 1. The molecule has 1 saturated heterocycles. The molecule has 1 atom stereocenters. The van der Waals surface area contributed by atoms with E-state index in [2.05, 4.69) is 10.6 Å². The Labute approximate surface area is 174 Å². The molecule has 0 bridgehead atoms. The first-order valence-electron chi connectivity index (χ1n) is 9.58. The van der Waals surface area contributed by atoms with Crippen LogP contribution >= 0.6 is 0 Å². The molecule has 1 aliphatic heterocycles. The minimum atomic E-state index is -1.64. The van der Waals surface area contributed by atoms with Gasteiger partial charge in [0.2, 0.25) is 0 Å². The van der Waals surface area contributed by atoms with Crippen molar-refractivity contribution in [3.63, 3.8) is 0 Å². The number of aliphatic hydroxyl groups is 1. The minimum Gasteiger partial charge on any atom is -0.477 e. The first kappa shape index (κ1) is 23.5. The Balaban J connectivity index is 2.09. The van der Waals surface area contributed by atoms with E-state index >= 15 is 0 Å². The van der Waals surface area contributed by atoms with Gasteiger partial charge in [0.05, 0.1) is 18.1 Å². The van der Waals surface area contributed by atoms with Crippen LogP contribution in [0.3, 0.4) is 0 Å². The lowest BCUT2D eigenvalue weighted by atomic mass is 9.74. The van der Waals surface area contributed by atoms with Gasteiger partial charge < -0.3 is 25.2 Å². The first-order chi connectivity index (χ1) is 14.0. The lowest BCUT2D eigenvalue weighted by Gasteiger charge is -2.41. The van der Waals surface area contributed by atoms with E-state index in [1.54, 1.807) is 18.7 Å². The molecule has 0 radical (unpaired) electrons. The second kappa shape index (κ2) is 9.37. The van der Waals surface area contributed by atoms with E-state index in [0.29, 0.717) is 26.3 Å². The smallest absolute Gasteiger partial charge is 0.342 e. The molecule has 1 aromatic rings. The maximum absolute atomic E-state index is 12.1. The number of carbonyl (C=O) groups excluding carboxylic acids is 1. The number of carboxylic acid groups (broad SMARTS) is 1. The third-order valence-corrected chi connectivity index (χ3v) is 5.51. The Morgan fingerprint density at radius 1 is 1.23 bits per heavy atom. The van der Waals surface area contributed by atoms with Crippen LogP contribution in [0.25, 0.3) is 0 Å². The molecular formula is C19H28N4O7. The van der Waals surface area contributed by atoms with Crippen LogP contribution in [0.2, 0.25) is 0 Å². The normalized spacial score (nSPS) is 16.6. The van der Waals surface area contributed by atoms with Crippen LogP contribution in [-0.4, -0.2) is 77.2 Å². The van der Waals surface area contributed by atoms with Gasteiger partial charge in [-0.25, -0.2) is 9.59 Å². The van der Waals surface area contributed by atoms with Crippen molar-refractivity contribution in [3.8, 4) is 0 Å². The Hall–Kier alpha value is -2.76. The number of amides is 2. The summed E-state index contributed by atoms with van der Waals surface area (Å²) >= 11 is 0. The zero-order chi connectivity index (χ0) is 22.5. The highest BCUT2D eigenvalue weighted by molar-refractivity contribution is 5.93. The molecule has 11 nitrogen and oxygen atoms in total. The van der Waals surface area contributed by atoms with Crippen molar-refractivity contribution < 1.29 is 29.5 Å². The van der Waals surface area contributed by atoms with E-state index in [4.69, 9.17) is 4.74 Å². The summed E-state index contributed by atoms with van der Waals surface area (Å²) in [6.07, 6.45) is 0. The van der Waals surface area contributed by atoms with Gasteiger partial charge in [0.15, 0.2) is 0 Å². The van der Waals surface area contributed by atoms with Crippen LogP contribution in [0.15, 0.2) is 18.2 Å². The number of nitro benzene ring substituents is 1. The molecule has 166 valence electrons. The summed E-state index contributed by atoms with van der Waals surface area (Å²) in [6, 6.07) is 3.76. The zero-order valence-corrected chi connectivity index (χ0v) is 17.3. The molecule has 11 heteroatoms. The van der Waals surface area contributed by atoms with Crippen LogP contribution in [0.5, 0.6) is 0 Å². The predicted octanol–water partition coefficient (Wildman–Crippen LogP) is 0.911. The molecule has 1 heterocycles. The van der Waals surface area contributed by atoms with Gasteiger partial charge in [-0.2, -0.15) is 0 Å². The lowest BCUT2D eigenvalue weighted by molar-refractivity contribution is -0.386. The number of morpholine rings is 1. The van der Waals surface area contributed by atoms with Gasteiger partial charge in [-0.3, -0.25) is 15.4 Å². The summed E-state index contributed by atoms with van der Waals surface area (Å²) < 4.78 is 5.20. The molecule has 0 saturated carbocycles. The predicted molar refractivity (Wildman–Crippen MR) is 107 cm³/mol. The van der Waals surface area contributed by atoms with Crippen molar-refractivity contribution in [2.45, 2.75) is 31.9 Å². The molecular weight excluding hydrogens is 396 g/mol. The largest absolute Gasteiger partial charge is 0.477 e. The average molecular weight is 424 g/mol. The number of aromatic carboxylic acids is 1. The summed E-state index contributed by atoms with van der Waals surface area (Å²) in [6.45, 7) is 7.03. The fourth-order valence-corrected chi connectivity index (χ4v) is 3.25. The van der Waals surface area contributed by atoms with Crippen LogP contribution in [0, 0.1) is 10.1 Å². The maximum atomic E-state index is 12.1. The van der Waals surface area contributed by atoms with Crippen LogP contribution in [0.1, 0.15) is 36.7 Å². The summed E-state index contributed by atoms with van der Waals surface area (Å²) in [4.78, 5) is 36.0. The third-order valence-electron chi connectivity index (χ3n) is 5.51. The Morgan fingerprint density at radius 2 is 1.87 bits per heavy atom. The summed E-state index contributed by atoms with van der Waals surface area (Å²) in [5.41, 5.74) is -3.78. The van der Waals surface area contributed by atoms with Gasteiger partial charge in [-0.15, -0.1) is 0 Å². The van der Waals surface area contributed by atoms with Crippen molar-refractivity contribution in [3.05, 3.63) is 39.4 Å². The van der Waals surface area contributed by atoms with Crippen LogP contribution < -0.4 is 10.6 Å². The third kappa shape index (κ3) is 5.04. The van der Waals surface area contributed by atoms with E-state index < -0.39 is 33.3 Å². The van der Waals surface area contributed by atoms with Gasteiger partial charge >= 0.3 is 12.0 Å². The molecule has 0 aliphatic carbocycles. The highest BCUT2D eigenvalue weighted by atomic mass is 16.6. The average Bonchev–Trinajstić information content (AvgIpc) is 2.70. The van der Waals surface area contributed by atoms with E-state index in [9.17, 15) is 29.9 Å². The fourth-order valence-electron chi connectivity index (χ4n) is 3.25. The highest BCUT2D eigenvalue weighted by Crippen LogP contribution is 2.40. The molecule has 0 spiro atoms. The molecule has 1 fully saturated rings. The summed E-state index contributed by atoms with van der Waals surface area (Å²) in [7, 11) is 0. The Kier molecular flexibility index (Phi) is 7.34. The molecule has 0 aromatic heterocycles. The van der Waals surface area contributed by atoms with Gasteiger partial charge in [0.1, 0.15) is 11.3 Å². The monoisotopic (exact) mass is 424 g/mol. The van der Waals surface area contributed by atoms with E-state index in [1.807, 2.05) is 0 Å². The number of hydrogen-bond acceptors (Lipinski definition) is 7. The van der Waals surface area contributed by atoms with E-state index in [0.717, 1.165) is 6.07 Å². The van der Waals surface area contributed by atoms with E-state index in [-0.39, 0.29) is 24.7 Å². The first-order valence-corrected chi connectivity index (χ1v) is 9.58. The number of carboxylic acids is 1. The fraction of sp³-hybridized carbons (Fsp3) is 0.579.